The van der Waals surface area contributed by atoms with E-state index in [1.165, 1.54) is 9.80 Å². The molecule has 3 rings (SSSR count). The van der Waals surface area contributed by atoms with Crippen molar-refractivity contribution in [1.29, 1.82) is 10.5 Å². The van der Waals surface area contributed by atoms with E-state index in [0.717, 1.165) is 12.8 Å². The maximum Gasteiger partial charge on any atom is 0.154 e. The molecule has 0 saturated heterocycles. The molecule has 1 aromatic carbocycles. The van der Waals surface area contributed by atoms with Crippen molar-refractivity contribution in [2.24, 2.45) is 17.3 Å². The van der Waals surface area contributed by atoms with E-state index in [2.05, 4.69) is 30.3 Å². The predicted octanol–water partition coefficient (Wildman–Crippen LogP) is 3.74. The van der Waals surface area contributed by atoms with Crippen LogP contribution in [0.25, 0.3) is 0 Å². The van der Waals surface area contributed by atoms with Gasteiger partial charge in [-0.2, -0.15) is 10.5 Å². The van der Waals surface area contributed by atoms with E-state index in [1.807, 2.05) is 18.2 Å². The van der Waals surface area contributed by atoms with E-state index < -0.39 is 5.41 Å². The van der Waals surface area contributed by atoms with Crippen LogP contribution in [-0.2, 0) is 0 Å². The molecular formula is C15H12N2S. The second kappa shape index (κ2) is 4.19. The first-order chi connectivity index (χ1) is 8.81. The zero-order chi connectivity index (χ0) is 12.6. The number of fused-ring (bicyclic) bond motifs is 1. The van der Waals surface area contributed by atoms with E-state index in [0.29, 0.717) is 0 Å². The molecule has 0 unspecified atom stereocenters. The van der Waals surface area contributed by atoms with E-state index in [4.69, 9.17) is 0 Å². The van der Waals surface area contributed by atoms with Gasteiger partial charge in [0.25, 0.3) is 0 Å². The lowest BCUT2D eigenvalue weighted by molar-refractivity contribution is 0.643. The molecule has 3 heteroatoms. The highest BCUT2D eigenvalue weighted by Crippen LogP contribution is 2.67. The summed E-state index contributed by atoms with van der Waals surface area (Å²) in [4.78, 5) is 2.39. The Balaban J connectivity index is 1.85. The number of thioether (sulfide) groups is 1. The van der Waals surface area contributed by atoms with Crippen LogP contribution in [0.4, 0.5) is 0 Å². The minimum atomic E-state index is -0.746. The minimum absolute atomic E-state index is 0.145. The van der Waals surface area contributed by atoms with Crippen molar-refractivity contribution < 1.29 is 0 Å². The molecule has 2 atom stereocenters. The van der Waals surface area contributed by atoms with E-state index in [-0.39, 0.29) is 11.8 Å². The summed E-state index contributed by atoms with van der Waals surface area (Å²) in [5.41, 5.74) is -0.746. The molecule has 0 bridgehead atoms. The highest BCUT2D eigenvalue weighted by atomic mass is 32.2. The van der Waals surface area contributed by atoms with Crippen LogP contribution < -0.4 is 0 Å². The third-order valence-corrected chi connectivity index (χ3v) is 5.01. The number of benzene rings is 1. The largest absolute Gasteiger partial charge is 0.197 e. The van der Waals surface area contributed by atoms with Crippen LogP contribution in [0.3, 0.4) is 0 Å². The average molecular weight is 252 g/mol. The van der Waals surface area contributed by atoms with Crippen molar-refractivity contribution in [3.8, 4) is 12.1 Å². The lowest BCUT2D eigenvalue weighted by atomic mass is 10.1. The van der Waals surface area contributed by atoms with Gasteiger partial charge in [-0.25, -0.2) is 0 Å². The minimum Gasteiger partial charge on any atom is -0.197 e. The second-order valence-corrected chi connectivity index (χ2v) is 5.92. The first kappa shape index (κ1) is 11.4. The van der Waals surface area contributed by atoms with Crippen molar-refractivity contribution in [2.75, 3.05) is 0 Å². The van der Waals surface area contributed by atoms with Gasteiger partial charge < -0.3 is 0 Å². The monoisotopic (exact) mass is 252 g/mol. The molecule has 0 spiro atoms. The van der Waals surface area contributed by atoms with E-state index >= 15 is 0 Å². The molecule has 2 aliphatic carbocycles. The fraction of sp³-hybridized carbons (Fsp3) is 0.333. The number of nitrogens with zero attached hydrogens (tertiary/aromatic N) is 2. The Bertz CT molecular complexity index is 563. The first-order valence-corrected chi connectivity index (χ1v) is 6.89. The van der Waals surface area contributed by atoms with Crippen molar-refractivity contribution >= 4 is 11.8 Å². The zero-order valence-electron chi connectivity index (χ0n) is 9.84. The normalized spacial score (nSPS) is 27.3. The molecule has 1 aromatic rings. The molecule has 0 amide bonds. The lowest BCUT2D eigenvalue weighted by Crippen LogP contribution is -1.97. The maximum absolute atomic E-state index is 9.26. The van der Waals surface area contributed by atoms with Gasteiger partial charge in [0.15, 0.2) is 5.41 Å². The predicted molar refractivity (Wildman–Crippen MR) is 70.3 cm³/mol. The molecule has 0 aromatic heterocycles. The number of hydrogen-bond acceptors (Lipinski definition) is 3. The van der Waals surface area contributed by atoms with Crippen molar-refractivity contribution in [2.45, 2.75) is 17.7 Å². The van der Waals surface area contributed by atoms with Gasteiger partial charge >= 0.3 is 0 Å². The van der Waals surface area contributed by atoms with Gasteiger partial charge in [0.1, 0.15) is 0 Å². The summed E-state index contributed by atoms with van der Waals surface area (Å²) in [6.45, 7) is 0. The van der Waals surface area contributed by atoms with Crippen LogP contribution in [0.5, 0.6) is 0 Å². The topological polar surface area (TPSA) is 47.6 Å². The van der Waals surface area contributed by atoms with Gasteiger partial charge in [0.2, 0.25) is 0 Å². The van der Waals surface area contributed by atoms with E-state index in [9.17, 15) is 10.5 Å². The Labute approximate surface area is 111 Å². The van der Waals surface area contributed by atoms with Crippen molar-refractivity contribution in [1.82, 2.24) is 0 Å². The van der Waals surface area contributed by atoms with Gasteiger partial charge in [-0.05, 0) is 29.9 Å². The van der Waals surface area contributed by atoms with Crippen molar-refractivity contribution in [3.63, 3.8) is 0 Å². The molecule has 0 radical (unpaired) electrons. The fourth-order valence-corrected chi connectivity index (χ4v) is 4.11. The molecule has 0 heterocycles. The van der Waals surface area contributed by atoms with Crippen LogP contribution in [0.1, 0.15) is 12.8 Å². The number of allylic oxidation sites excluding steroid dienone is 2. The Hall–Kier alpha value is -1.71. The lowest BCUT2D eigenvalue weighted by Gasteiger charge is -2.10. The van der Waals surface area contributed by atoms with Crippen LogP contribution in [0.2, 0.25) is 0 Å². The summed E-state index contributed by atoms with van der Waals surface area (Å²) in [6.07, 6.45) is 4.17. The summed E-state index contributed by atoms with van der Waals surface area (Å²) in [6, 6.07) is 14.6. The van der Waals surface area contributed by atoms with Gasteiger partial charge in [-0.1, -0.05) is 36.0 Å². The van der Waals surface area contributed by atoms with Crippen LogP contribution >= 0.6 is 11.8 Å². The quantitative estimate of drug-likeness (QED) is 0.805. The van der Waals surface area contributed by atoms with Crippen LogP contribution in [-0.4, -0.2) is 0 Å². The smallest absolute Gasteiger partial charge is 0.154 e. The average Bonchev–Trinajstić information content (AvgIpc) is 3.10. The first-order valence-electron chi connectivity index (χ1n) is 6.07. The Morgan fingerprint density at radius 2 is 1.89 bits per heavy atom. The third kappa shape index (κ3) is 1.55. The van der Waals surface area contributed by atoms with Gasteiger partial charge in [-0.3, -0.25) is 0 Å². The second-order valence-electron chi connectivity index (χ2n) is 4.78. The molecule has 18 heavy (non-hydrogen) atoms. The van der Waals surface area contributed by atoms with Gasteiger partial charge in [-0.15, -0.1) is 0 Å². The number of nitriles is 2. The van der Waals surface area contributed by atoms with Crippen molar-refractivity contribution in [3.05, 3.63) is 41.3 Å². The molecule has 2 aliphatic rings. The van der Waals surface area contributed by atoms with Crippen LogP contribution in [0, 0.1) is 39.9 Å². The van der Waals surface area contributed by atoms with Gasteiger partial charge in [0.05, 0.1) is 12.1 Å². The standard InChI is InChI=1S/C15H12N2S/c16-9-15(10-17)12-7-4-8-13(14(12)15)18-11-5-2-1-3-6-11/h1-3,5-6,8,12,14H,4,7H2/t12-,14-/m1/s1. The summed E-state index contributed by atoms with van der Waals surface area (Å²) >= 11 is 1.71. The molecule has 1 fully saturated rings. The third-order valence-electron chi connectivity index (χ3n) is 3.85. The molecular weight excluding hydrogens is 240 g/mol. The summed E-state index contributed by atoms with van der Waals surface area (Å²) < 4.78 is 0. The maximum atomic E-state index is 9.26. The molecule has 2 nitrogen and oxygen atoms in total. The Morgan fingerprint density at radius 1 is 1.17 bits per heavy atom. The highest BCUT2D eigenvalue weighted by molar-refractivity contribution is 8.03. The number of rotatable bonds is 2. The molecule has 1 saturated carbocycles. The molecule has 0 aliphatic heterocycles. The molecule has 0 N–H and O–H groups in total. The summed E-state index contributed by atoms with van der Waals surface area (Å²) in [5.74, 6) is 0.398. The summed E-state index contributed by atoms with van der Waals surface area (Å²) in [5, 5.41) is 18.5. The SMILES string of the molecule is N#CC1(C#N)[C@@H]2CCC=C(Sc3ccccc3)[C@@H]21. The van der Waals surface area contributed by atoms with Gasteiger partial charge in [0, 0.05) is 16.7 Å². The molecule has 88 valence electrons. The van der Waals surface area contributed by atoms with E-state index in [1.54, 1.807) is 11.8 Å². The fourth-order valence-electron chi connectivity index (χ4n) is 2.87. The Morgan fingerprint density at radius 3 is 2.56 bits per heavy atom. The summed E-state index contributed by atoms with van der Waals surface area (Å²) in [7, 11) is 0. The zero-order valence-corrected chi connectivity index (χ0v) is 10.7. The Kier molecular flexibility index (Phi) is 2.65. The highest BCUT2D eigenvalue weighted by Gasteiger charge is 2.68. The number of hydrogen-bond donors (Lipinski definition) is 0. The van der Waals surface area contributed by atoms with Crippen LogP contribution in [0.15, 0.2) is 46.2 Å².